The molecular formula is C11H8ClNS. The number of thiophene rings is 1. The van der Waals surface area contributed by atoms with E-state index in [4.69, 9.17) is 16.9 Å². The molecule has 0 aliphatic carbocycles. The number of nitriles is 1. The Kier molecular flexibility index (Phi) is 2.45. The van der Waals surface area contributed by atoms with Crippen LogP contribution in [-0.4, -0.2) is 0 Å². The lowest BCUT2D eigenvalue weighted by Gasteiger charge is -1.98. The van der Waals surface area contributed by atoms with Gasteiger partial charge in [-0.05, 0) is 24.6 Å². The Hall–Kier alpha value is -1.04. The molecule has 0 radical (unpaired) electrons. The Balaban J connectivity index is 2.75. The molecule has 0 atom stereocenters. The van der Waals surface area contributed by atoms with Gasteiger partial charge < -0.3 is 0 Å². The van der Waals surface area contributed by atoms with Crippen LogP contribution >= 0.6 is 22.9 Å². The van der Waals surface area contributed by atoms with E-state index >= 15 is 0 Å². The van der Waals surface area contributed by atoms with Gasteiger partial charge in [0.2, 0.25) is 0 Å². The third kappa shape index (κ3) is 1.50. The first kappa shape index (κ1) is 9.51. The van der Waals surface area contributed by atoms with E-state index in [-0.39, 0.29) is 0 Å². The van der Waals surface area contributed by atoms with Crippen LogP contribution in [0.2, 0.25) is 5.02 Å². The molecule has 2 rings (SSSR count). The van der Waals surface area contributed by atoms with Crippen LogP contribution in [0.3, 0.4) is 0 Å². The molecule has 0 aliphatic rings. The summed E-state index contributed by atoms with van der Waals surface area (Å²) in [6, 6.07) is 8.04. The zero-order valence-corrected chi connectivity index (χ0v) is 9.25. The summed E-state index contributed by atoms with van der Waals surface area (Å²) < 4.78 is 1.15. The summed E-state index contributed by atoms with van der Waals surface area (Å²) in [5, 5.41) is 10.5. The minimum atomic E-state index is 0.452. The van der Waals surface area contributed by atoms with E-state index in [0.717, 1.165) is 20.7 Å². The van der Waals surface area contributed by atoms with Gasteiger partial charge in [0.1, 0.15) is 0 Å². The topological polar surface area (TPSA) is 23.8 Å². The maximum absolute atomic E-state index is 8.68. The molecular weight excluding hydrogens is 214 g/mol. The lowest BCUT2D eigenvalue weighted by atomic mass is 10.1. The Morgan fingerprint density at radius 3 is 3.00 bits per heavy atom. The first-order valence-electron chi connectivity index (χ1n) is 4.27. The predicted octanol–water partition coefficient (Wildman–Crippen LogP) is 3.93. The second-order valence-corrected chi connectivity index (χ2v) is 4.80. The van der Waals surface area contributed by atoms with Crippen molar-refractivity contribution in [2.75, 3.05) is 0 Å². The summed E-state index contributed by atoms with van der Waals surface area (Å²) in [6.07, 6.45) is 0.452. The summed E-state index contributed by atoms with van der Waals surface area (Å²) in [4.78, 5) is 1.23. The molecule has 0 amide bonds. The van der Waals surface area contributed by atoms with Gasteiger partial charge in [0.25, 0.3) is 0 Å². The number of aryl methyl sites for hydroxylation is 1. The van der Waals surface area contributed by atoms with Gasteiger partial charge in [0, 0.05) is 20.0 Å². The number of benzene rings is 1. The van der Waals surface area contributed by atoms with Crippen LogP contribution in [-0.2, 0) is 6.42 Å². The molecule has 0 saturated heterocycles. The number of halogens is 1. The van der Waals surface area contributed by atoms with Crippen LogP contribution < -0.4 is 0 Å². The van der Waals surface area contributed by atoms with Crippen molar-refractivity contribution in [3.05, 3.63) is 33.7 Å². The highest BCUT2D eigenvalue weighted by atomic mass is 35.5. The maximum Gasteiger partial charge on any atom is 0.0670 e. The molecule has 3 heteroatoms. The fourth-order valence-electron chi connectivity index (χ4n) is 1.49. The molecule has 2 aromatic rings. The summed E-state index contributed by atoms with van der Waals surface area (Å²) in [6.45, 7) is 2.05. The highest BCUT2D eigenvalue weighted by Crippen LogP contribution is 2.33. The third-order valence-electron chi connectivity index (χ3n) is 2.10. The van der Waals surface area contributed by atoms with E-state index in [2.05, 4.69) is 19.1 Å². The molecule has 1 aromatic carbocycles. The van der Waals surface area contributed by atoms with Gasteiger partial charge in [0.15, 0.2) is 0 Å². The first-order valence-corrected chi connectivity index (χ1v) is 5.46. The van der Waals surface area contributed by atoms with Gasteiger partial charge in [-0.2, -0.15) is 5.26 Å². The molecule has 0 aliphatic heterocycles. The molecule has 0 fully saturated rings. The van der Waals surface area contributed by atoms with Crippen molar-refractivity contribution >= 4 is 33.0 Å². The third-order valence-corrected chi connectivity index (χ3v) is 3.56. The van der Waals surface area contributed by atoms with Gasteiger partial charge in [-0.3, -0.25) is 0 Å². The molecule has 0 bridgehead atoms. The SMILES string of the molecule is Cc1cc2c(Cl)ccc(CC#N)c2s1. The summed E-state index contributed by atoms with van der Waals surface area (Å²) >= 11 is 7.76. The van der Waals surface area contributed by atoms with Crippen LogP contribution in [0.25, 0.3) is 10.1 Å². The van der Waals surface area contributed by atoms with Crippen LogP contribution in [0.15, 0.2) is 18.2 Å². The Labute approximate surface area is 91.5 Å². The van der Waals surface area contributed by atoms with Crippen LogP contribution in [0.1, 0.15) is 10.4 Å². The zero-order valence-electron chi connectivity index (χ0n) is 7.67. The van der Waals surface area contributed by atoms with E-state index in [1.165, 1.54) is 4.88 Å². The van der Waals surface area contributed by atoms with Crippen molar-refractivity contribution < 1.29 is 0 Å². The normalized spacial score (nSPS) is 10.4. The molecule has 1 nitrogen and oxygen atoms in total. The van der Waals surface area contributed by atoms with E-state index < -0.39 is 0 Å². The molecule has 14 heavy (non-hydrogen) atoms. The lowest BCUT2D eigenvalue weighted by Crippen LogP contribution is -1.80. The monoisotopic (exact) mass is 221 g/mol. The molecule has 0 spiro atoms. The van der Waals surface area contributed by atoms with E-state index in [0.29, 0.717) is 6.42 Å². The second-order valence-electron chi connectivity index (χ2n) is 3.14. The molecule has 1 aromatic heterocycles. The fourth-order valence-corrected chi connectivity index (χ4v) is 2.81. The minimum Gasteiger partial charge on any atom is -0.198 e. The van der Waals surface area contributed by atoms with Crippen molar-refractivity contribution in [3.63, 3.8) is 0 Å². The van der Waals surface area contributed by atoms with Crippen LogP contribution in [0, 0.1) is 18.3 Å². The Morgan fingerprint density at radius 2 is 2.29 bits per heavy atom. The van der Waals surface area contributed by atoms with E-state index in [1.807, 2.05) is 12.1 Å². The molecule has 70 valence electrons. The number of rotatable bonds is 1. The van der Waals surface area contributed by atoms with Gasteiger partial charge >= 0.3 is 0 Å². The van der Waals surface area contributed by atoms with Crippen molar-refractivity contribution in [2.24, 2.45) is 0 Å². The first-order chi connectivity index (χ1) is 6.72. The average molecular weight is 222 g/mol. The van der Waals surface area contributed by atoms with Crippen molar-refractivity contribution in [1.82, 2.24) is 0 Å². The van der Waals surface area contributed by atoms with Gasteiger partial charge in [-0.1, -0.05) is 17.7 Å². The predicted molar refractivity (Wildman–Crippen MR) is 60.9 cm³/mol. The highest BCUT2D eigenvalue weighted by Gasteiger charge is 2.07. The zero-order chi connectivity index (χ0) is 10.1. The molecule has 0 N–H and O–H groups in total. The van der Waals surface area contributed by atoms with Gasteiger partial charge in [-0.25, -0.2) is 0 Å². The highest BCUT2D eigenvalue weighted by molar-refractivity contribution is 7.19. The quantitative estimate of drug-likeness (QED) is 0.716. The fraction of sp³-hybridized carbons (Fsp3) is 0.182. The van der Waals surface area contributed by atoms with Crippen molar-refractivity contribution in [3.8, 4) is 6.07 Å². The minimum absolute atomic E-state index is 0.452. The number of fused-ring (bicyclic) bond motifs is 1. The summed E-state index contributed by atoms with van der Waals surface area (Å²) in [5.74, 6) is 0. The largest absolute Gasteiger partial charge is 0.198 e. The second kappa shape index (κ2) is 3.61. The number of nitrogens with zero attached hydrogens (tertiary/aromatic N) is 1. The van der Waals surface area contributed by atoms with Gasteiger partial charge in [0.05, 0.1) is 12.5 Å². The molecule has 0 unspecified atom stereocenters. The van der Waals surface area contributed by atoms with Crippen LogP contribution in [0.5, 0.6) is 0 Å². The van der Waals surface area contributed by atoms with E-state index in [9.17, 15) is 0 Å². The van der Waals surface area contributed by atoms with Crippen LogP contribution in [0.4, 0.5) is 0 Å². The molecule has 1 heterocycles. The molecule has 0 saturated carbocycles. The summed E-state index contributed by atoms with van der Waals surface area (Å²) in [7, 11) is 0. The average Bonchev–Trinajstić information content (AvgIpc) is 2.53. The standard InChI is InChI=1S/C11H8ClNS/c1-7-6-9-10(12)3-2-8(4-5-13)11(9)14-7/h2-3,6H,4H2,1H3. The Bertz CT molecular complexity index is 522. The van der Waals surface area contributed by atoms with Crippen molar-refractivity contribution in [2.45, 2.75) is 13.3 Å². The Morgan fingerprint density at radius 1 is 1.50 bits per heavy atom. The summed E-state index contributed by atoms with van der Waals surface area (Å²) in [5.41, 5.74) is 1.07. The van der Waals surface area contributed by atoms with E-state index in [1.54, 1.807) is 11.3 Å². The number of hydrogen-bond donors (Lipinski definition) is 0. The van der Waals surface area contributed by atoms with Crippen molar-refractivity contribution in [1.29, 1.82) is 5.26 Å². The maximum atomic E-state index is 8.68. The number of hydrogen-bond acceptors (Lipinski definition) is 2. The lowest BCUT2D eigenvalue weighted by molar-refractivity contribution is 1.29. The smallest absolute Gasteiger partial charge is 0.0670 e. The van der Waals surface area contributed by atoms with Gasteiger partial charge in [-0.15, -0.1) is 11.3 Å².